The highest BCUT2D eigenvalue weighted by Gasteiger charge is 2.38. The van der Waals surface area contributed by atoms with Gasteiger partial charge in [0.15, 0.2) is 0 Å². The van der Waals surface area contributed by atoms with Crippen LogP contribution in [0, 0.1) is 0 Å². The molecule has 0 bridgehead atoms. The molecule has 2 amide bonds. The molecule has 2 N–H and O–H groups in total. The number of aliphatic carboxylic acids is 1. The lowest BCUT2D eigenvalue weighted by atomic mass is 9.94. The number of benzene rings is 2. The zero-order chi connectivity index (χ0) is 27.1. The first-order chi connectivity index (χ1) is 18.3. The summed E-state index contributed by atoms with van der Waals surface area (Å²) in [6, 6.07) is 17.7. The number of rotatable bonds is 10. The van der Waals surface area contributed by atoms with E-state index in [1.807, 2.05) is 30.3 Å². The first-order valence-corrected chi connectivity index (χ1v) is 12.8. The Hall–Kier alpha value is -4.44. The molecule has 196 valence electrons. The van der Waals surface area contributed by atoms with Crippen molar-refractivity contribution in [1.29, 1.82) is 0 Å². The largest absolute Gasteiger partial charge is 0.481 e. The van der Waals surface area contributed by atoms with Gasteiger partial charge in [-0.25, -0.2) is 14.4 Å². The summed E-state index contributed by atoms with van der Waals surface area (Å²) in [5.41, 5.74) is 1.69. The van der Waals surface area contributed by atoms with Crippen LogP contribution in [0.25, 0.3) is 0 Å². The van der Waals surface area contributed by atoms with Gasteiger partial charge in [0.2, 0.25) is 0 Å². The van der Waals surface area contributed by atoms with Crippen molar-refractivity contribution in [2.75, 3.05) is 6.54 Å². The number of allylic oxidation sites excluding steroid dienone is 1. The fourth-order valence-corrected chi connectivity index (χ4v) is 4.69. The third-order valence-electron chi connectivity index (χ3n) is 5.96. The van der Waals surface area contributed by atoms with E-state index in [4.69, 9.17) is 14.6 Å². The van der Waals surface area contributed by atoms with Gasteiger partial charge in [-0.1, -0.05) is 54.6 Å². The van der Waals surface area contributed by atoms with Gasteiger partial charge in [0, 0.05) is 24.2 Å². The van der Waals surface area contributed by atoms with Gasteiger partial charge in [0.25, 0.3) is 0 Å². The monoisotopic (exact) mass is 534 g/mol. The van der Waals surface area contributed by atoms with Crippen LogP contribution in [-0.2, 0) is 20.9 Å². The lowest BCUT2D eigenvalue weighted by Crippen LogP contribution is -2.48. The Labute approximate surface area is 223 Å². The van der Waals surface area contributed by atoms with E-state index in [2.05, 4.69) is 5.32 Å². The molecule has 3 aromatic rings. The molecular formula is C28H26N2O7S. The summed E-state index contributed by atoms with van der Waals surface area (Å²) in [5.74, 6) is -2.00. The topological polar surface area (TPSA) is 122 Å². The predicted octanol–water partition coefficient (Wildman–Crippen LogP) is 4.92. The lowest BCUT2D eigenvalue weighted by molar-refractivity contribution is -0.141. The van der Waals surface area contributed by atoms with Crippen molar-refractivity contribution in [3.8, 4) is 5.75 Å². The van der Waals surface area contributed by atoms with Crippen molar-refractivity contribution in [2.45, 2.75) is 32.4 Å². The molecule has 0 fully saturated rings. The maximum absolute atomic E-state index is 13.5. The summed E-state index contributed by atoms with van der Waals surface area (Å²) in [4.78, 5) is 52.0. The van der Waals surface area contributed by atoms with Crippen LogP contribution in [0.15, 0.2) is 83.4 Å². The number of thiophene rings is 1. The van der Waals surface area contributed by atoms with E-state index in [0.29, 0.717) is 16.1 Å². The third-order valence-corrected chi connectivity index (χ3v) is 6.81. The summed E-state index contributed by atoms with van der Waals surface area (Å²) in [7, 11) is 0. The summed E-state index contributed by atoms with van der Waals surface area (Å²) in [5, 5.41) is 13.6. The molecule has 0 spiro atoms. The molecule has 10 heteroatoms. The third kappa shape index (κ3) is 6.27. The molecule has 0 saturated heterocycles. The fraction of sp³-hybridized carbons (Fsp3) is 0.214. The Bertz CT molecular complexity index is 1350. The Morgan fingerprint density at radius 2 is 1.74 bits per heavy atom. The van der Waals surface area contributed by atoms with E-state index < -0.39 is 30.0 Å². The first kappa shape index (κ1) is 26.6. The van der Waals surface area contributed by atoms with Crippen molar-refractivity contribution in [1.82, 2.24) is 10.2 Å². The molecular weight excluding hydrogens is 508 g/mol. The number of nitrogens with zero attached hydrogens (tertiary/aromatic N) is 1. The smallest absolute Gasteiger partial charge is 0.353 e. The fourth-order valence-electron chi connectivity index (χ4n) is 4.09. The highest BCUT2D eigenvalue weighted by molar-refractivity contribution is 7.12. The maximum atomic E-state index is 13.5. The van der Waals surface area contributed by atoms with Gasteiger partial charge >= 0.3 is 23.9 Å². The normalized spacial score (nSPS) is 15.1. The van der Waals surface area contributed by atoms with Gasteiger partial charge in [-0.3, -0.25) is 9.69 Å². The molecule has 1 atom stereocenters. The van der Waals surface area contributed by atoms with E-state index in [1.165, 1.54) is 16.2 Å². The van der Waals surface area contributed by atoms with Crippen LogP contribution >= 0.6 is 11.3 Å². The van der Waals surface area contributed by atoms with Crippen LogP contribution in [-0.4, -0.2) is 40.5 Å². The second kappa shape index (κ2) is 12.2. The van der Waals surface area contributed by atoms with E-state index in [9.17, 15) is 19.2 Å². The second-order valence-corrected chi connectivity index (χ2v) is 9.44. The Kier molecular flexibility index (Phi) is 8.55. The van der Waals surface area contributed by atoms with Gasteiger partial charge in [-0.15, -0.1) is 11.3 Å². The number of hydrogen-bond donors (Lipinski definition) is 2. The molecule has 2 aromatic carbocycles. The molecule has 1 aliphatic heterocycles. The number of urea groups is 1. The molecule has 0 aliphatic carbocycles. The van der Waals surface area contributed by atoms with Gasteiger partial charge in [-0.2, -0.15) is 0 Å². The Balaban J connectivity index is 1.67. The number of carbonyl (C=O) groups excluding carboxylic acids is 3. The summed E-state index contributed by atoms with van der Waals surface area (Å²) in [6.45, 7) is 1.73. The first-order valence-electron chi connectivity index (χ1n) is 11.9. The van der Waals surface area contributed by atoms with Crippen LogP contribution in [0.4, 0.5) is 4.79 Å². The molecule has 2 heterocycles. The quantitative estimate of drug-likeness (QED) is 0.280. The summed E-state index contributed by atoms with van der Waals surface area (Å²) in [6.07, 6.45) is 0.0713. The predicted molar refractivity (Wildman–Crippen MR) is 140 cm³/mol. The van der Waals surface area contributed by atoms with Crippen molar-refractivity contribution in [3.63, 3.8) is 0 Å². The Morgan fingerprint density at radius 3 is 2.45 bits per heavy atom. The molecule has 1 unspecified atom stereocenters. The van der Waals surface area contributed by atoms with Crippen molar-refractivity contribution in [2.24, 2.45) is 0 Å². The minimum absolute atomic E-state index is 0.0190. The van der Waals surface area contributed by atoms with Gasteiger partial charge in [0.1, 0.15) is 17.2 Å². The molecule has 4 rings (SSSR count). The molecule has 1 aromatic heterocycles. The standard InChI is InChI=1S/C28H26N2O7S/c1-18-24(27(34)36-17-19-9-3-2-4-10-19)25(29-28(35)30(18)15-7-14-23(31)32)20-11-5-6-12-21(20)37-26(33)22-13-8-16-38-22/h2-6,8-13,16,25H,7,14-15,17H2,1H3,(H,29,35)(H,31,32). The number of nitrogens with one attached hydrogen (secondary N) is 1. The number of ether oxygens (including phenoxy) is 2. The van der Waals surface area contributed by atoms with Crippen molar-refractivity contribution < 1.29 is 33.8 Å². The van der Waals surface area contributed by atoms with E-state index in [1.54, 1.807) is 48.7 Å². The number of amides is 2. The number of esters is 2. The highest BCUT2D eigenvalue weighted by atomic mass is 32.1. The zero-order valence-electron chi connectivity index (χ0n) is 20.6. The number of para-hydroxylation sites is 1. The van der Waals surface area contributed by atoms with Crippen molar-refractivity contribution >= 4 is 35.3 Å². The van der Waals surface area contributed by atoms with Crippen LogP contribution in [0.1, 0.15) is 46.6 Å². The lowest BCUT2D eigenvalue weighted by Gasteiger charge is -2.35. The minimum Gasteiger partial charge on any atom is -0.481 e. The zero-order valence-corrected chi connectivity index (χ0v) is 21.4. The molecule has 0 radical (unpaired) electrons. The van der Waals surface area contributed by atoms with Crippen LogP contribution in [0.2, 0.25) is 0 Å². The molecule has 38 heavy (non-hydrogen) atoms. The minimum atomic E-state index is -0.981. The van der Waals surface area contributed by atoms with Crippen LogP contribution in [0.3, 0.4) is 0 Å². The average molecular weight is 535 g/mol. The maximum Gasteiger partial charge on any atom is 0.353 e. The highest BCUT2D eigenvalue weighted by Crippen LogP contribution is 2.36. The van der Waals surface area contributed by atoms with Gasteiger partial charge in [0.05, 0.1) is 11.6 Å². The number of carboxylic acid groups (broad SMARTS) is 1. The van der Waals surface area contributed by atoms with Gasteiger partial charge in [-0.05, 0) is 36.4 Å². The number of carbonyl (C=O) groups is 4. The average Bonchev–Trinajstić information content (AvgIpc) is 3.45. The second-order valence-electron chi connectivity index (χ2n) is 8.50. The molecule has 1 aliphatic rings. The number of carboxylic acids is 1. The van der Waals surface area contributed by atoms with E-state index in [-0.39, 0.29) is 37.3 Å². The Morgan fingerprint density at radius 1 is 1.00 bits per heavy atom. The van der Waals surface area contributed by atoms with E-state index in [0.717, 1.165) is 5.56 Å². The van der Waals surface area contributed by atoms with Crippen LogP contribution in [0.5, 0.6) is 5.75 Å². The summed E-state index contributed by atoms with van der Waals surface area (Å²) >= 11 is 1.24. The SMILES string of the molecule is CC1=C(C(=O)OCc2ccccc2)C(c2ccccc2OC(=O)c2cccs2)NC(=O)N1CCCC(=O)O. The van der Waals surface area contributed by atoms with Gasteiger partial charge < -0.3 is 19.9 Å². The molecule has 9 nitrogen and oxygen atoms in total. The summed E-state index contributed by atoms with van der Waals surface area (Å²) < 4.78 is 11.3. The van der Waals surface area contributed by atoms with Crippen LogP contribution < -0.4 is 10.1 Å². The molecule has 0 saturated carbocycles. The van der Waals surface area contributed by atoms with Crippen molar-refractivity contribution in [3.05, 3.63) is 99.4 Å². The number of hydrogen-bond acceptors (Lipinski definition) is 7. The van der Waals surface area contributed by atoms with E-state index >= 15 is 0 Å².